The van der Waals surface area contributed by atoms with Crippen LogP contribution in [0, 0.1) is 11.8 Å². The highest BCUT2D eigenvalue weighted by atomic mass is 14.0. The van der Waals surface area contributed by atoms with Crippen molar-refractivity contribution in [1.82, 2.24) is 0 Å². The first kappa shape index (κ1) is 15.8. The molecule has 0 radical (unpaired) electrons. The molecule has 0 saturated heterocycles. The van der Waals surface area contributed by atoms with Gasteiger partial charge in [0.1, 0.15) is 0 Å². The predicted octanol–water partition coefficient (Wildman–Crippen LogP) is 6.09. The van der Waals surface area contributed by atoms with Crippen molar-refractivity contribution >= 4 is 10.8 Å². The number of benzene rings is 2. The summed E-state index contributed by atoms with van der Waals surface area (Å²) in [5.74, 6) is 1.62. The topological polar surface area (TPSA) is 0 Å². The van der Waals surface area contributed by atoms with Crippen LogP contribution >= 0.6 is 0 Å². The molecule has 0 fully saturated rings. The Morgan fingerprint density at radius 3 is 1.89 bits per heavy atom. The molecule has 0 spiro atoms. The second-order valence-electron chi connectivity index (χ2n) is 6.08. The molecule has 0 N–H and O–H groups in total. The SMILES string of the molecule is CC(C)Cc1ccc2ccccc2c1.CCC(C)C. The first-order valence-corrected chi connectivity index (χ1v) is 7.50. The summed E-state index contributed by atoms with van der Waals surface area (Å²) in [6, 6.07) is 15.3. The molecule has 0 aliphatic heterocycles. The van der Waals surface area contributed by atoms with Crippen molar-refractivity contribution in [2.24, 2.45) is 11.8 Å². The maximum Gasteiger partial charge on any atom is -0.0181 e. The van der Waals surface area contributed by atoms with Crippen LogP contribution < -0.4 is 0 Å². The highest BCUT2D eigenvalue weighted by Gasteiger charge is 1.98. The molecule has 2 aromatic carbocycles. The molecule has 2 rings (SSSR count). The Hall–Kier alpha value is -1.30. The van der Waals surface area contributed by atoms with Gasteiger partial charge in [-0.05, 0) is 34.6 Å². The second-order valence-corrected chi connectivity index (χ2v) is 6.08. The third-order valence-corrected chi connectivity index (χ3v) is 3.27. The fraction of sp³-hybridized carbons (Fsp3) is 0.474. The van der Waals surface area contributed by atoms with Crippen LogP contribution in [-0.4, -0.2) is 0 Å². The smallest absolute Gasteiger partial charge is 0.0181 e. The Morgan fingerprint density at radius 1 is 0.789 bits per heavy atom. The van der Waals surface area contributed by atoms with Gasteiger partial charge in [0.15, 0.2) is 0 Å². The largest absolute Gasteiger partial charge is 0.0651 e. The van der Waals surface area contributed by atoms with Gasteiger partial charge in [0.25, 0.3) is 0 Å². The third kappa shape index (κ3) is 5.92. The fourth-order valence-electron chi connectivity index (χ4n) is 1.84. The van der Waals surface area contributed by atoms with Gasteiger partial charge in [-0.2, -0.15) is 0 Å². The van der Waals surface area contributed by atoms with Gasteiger partial charge in [-0.1, -0.05) is 83.5 Å². The maximum absolute atomic E-state index is 2.30. The zero-order chi connectivity index (χ0) is 14.3. The molecule has 0 bridgehead atoms. The van der Waals surface area contributed by atoms with Gasteiger partial charge in [-0.3, -0.25) is 0 Å². The molecular weight excluding hydrogens is 228 g/mol. The van der Waals surface area contributed by atoms with E-state index in [9.17, 15) is 0 Å². The highest BCUT2D eigenvalue weighted by molar-refractivity contribution is 5.82. The number of hydrogen-bond acceptors (Lipinski definition) is 0. The van der Waals surface area contributed by atoms with E-state index in [1.165, 1.54) is 29.2 Å². The van der Waals surface area contributed by atoms with E-state index in [2.05, 4.69) is 77.1 Å². The predicted molar refractivity (Wildman–Crippen MR) is 87.6 cm³/mol. The minimum Gasteiger partial charge on any atom is -0.0651 e. The van der Waals surface area contributed by atoms with Crippen LogP contribution in [0.15, 0.2) is 42.5 Å². The fourth-order valence-corrected chi connectivity index (χ4v) is 1.84. The normalized spacial score (nSPS) is 10.7. The molecule has 0 nitrogen and oxygen atoms in total. The number of fused-ring (bicyclic) bond motifs is 1. The van der Waals surface area contributed by atoms with Crippen LogP contribution in [-0.2, 0) is 6.42 Å². The average Bonchev–Trinajstić information content (AvgIpc) is 2.38. The molecule has 0 heteroatoms. The molecule has 0 amide bonds. The molecule has 0 atom stereocenters. The van der Waals surface area contributed by atoms with E-state index in [0.29, 0.717) is 0 Å². The highest BCUT2D eigenvalue weighted by Crippen LogP contribution is 2.17. The molecule has 0 aliphatic rings. The molecule has 104 valence electrons. The second kappa shape index (κ2) is 7.99. The summed E-state index contributed by atoms with van der Waals surface area (Å²) in [6.45, 7) is 11.2. The van der Waals surface area contributed by atoms with Crippen LogP contribution in [0.1, 0.15) is 46.6 Å². The number of rotatable bonds is 3. The zero-order valence-corrected chi connectivity index (χ0v) is 13.1. The van der Waals surface area contributed by atoms with Crippen molar-refractivity contribution in [2.75, 3.05) is 0 Å². The standard InChI is InChI=1S/C14H16.C5H12/c1-11(2)9-12-7-8-13-5-3-4-6-14(13)10-12;1-4-5(2)3/h3-8,10-11H,9H2,1-2H3;5H,4H2,1-3H3. The monoisotopic (exact) mass is 256 g/mol. The Balaban J connectivity index is 0.000000312. The number of hydrogen-bond donors (Lipinski definition) is 0. The summed E-state index contributed by atoms with van der Waals surface area (Å²) in [4.78, 5) is 0. The van der Waals surface area contributed by atoms with Crippen molar-refractivity contribution < 1.29 is 0 Å². The van der Waals surface area contributed by atoms with Gasteiger partial charge < -0.3 is 0 Å². The van der Waals surface area contributed by atoms with Gasteiger partial charge in [-0.15, -0.1) is 0 Å². The Kier molecular flexibility index (Phi) is 6.62. The summed E-state index contributed by atoms with van der Waals surface area (Å²) in [6.07, 6.45) is 2.48. The lowest BCUT2D eigenvalue weighted by Crippen LogP contribution is -1.93. The quantitative estimate of drug-likeness (QED) is 0.623. The van der Waals surface area contributed by atoms with Crippen LogP contribution in [0.2, 0.25) is 0 Å². The minimum absolute atomic E-state index is 0.733. The lowest BCUT2D eigenvalue weighted by atomic mass is 10.00. The lowest BCUT2D eigenvalue weighted by molar-refractivity contribution is 0.626. The lowest BCUT2D eigenvalue weighted by Gasteiger charge is -2.06. The third-order valence-electron chi connectivity index (χ3n) is 3.27. The van der Waals surface area contributed by atoms with Crippen LogP contribution in [0.5, 0.6) is 0 Å². The molecule has 0 saturated carbocycles. The first-order chi connectivity index (χ1) is 9.02. The van der Waals surface area contributed by atoms with E-state index < -0.39 is 0 Å². The van der Waals surface area contributed by atoms with E-state index >= 15 is 0 Å². The zero-order valence-electron chi connectivity index (χ0n) is 13.1. The van der Waals surface area contributed by atoms with Crippen LogP contribution in [0.3, 0.4) is 0 Å². The molecule has 0 heterocycles. The minimum atomic E-state index is 0.733. The van der Waals surface area contributed by atoms with Gasteiger partial charge in [-0.25, -0.2) is 0 Å². The molecule has 0 aliphatic carbocycles. The van der Waals surface area contributed by atoms with Gasteiger partial charge in [0.2, 0.25) is 0 Å². The average molecular weight is 256 g/mol. The Bertz CT molecular complexity index is 480. The van der Waals surface area contributed by atoms with Gasteiger partial charge in [0, 0.05) is 0 Å². The van der Waals surface area contributed by atoms with Crippen molar-refractivity contribution in [3.63, 3.8) is 0 Å². The summed E-state index contributed by atoms with van der Waals surface area (Å²) < 4.78 is 0. The van der Waals surface area contributed by atoms with Crippen molar-refractivity contribution in [3.05, 3.63) is 48.0 Å². The molecular formula is C19H28. The molecule has 0 aromatic heterocycles. The Morgan fingerprint density at radius 2 is 1.37 bits per heavy atom. The van der Waals surface area contributed by atoms with E-state index in [-0.39, 0.29) is 0 Å². The van der Waals surface area contributed by atoms with Crippen molar-refractivity contribution in [1.29, 1.82) is 0 Å². The molecule has 0 unspecified atom stereocenters. The van der Waals surface area contributed by atoms with E-state index in [4.69, 9.17) is 0 Å². The summed E-state index contributed by atoms with van der Waals surface area (Å²) in [5, 5.41) is 2.69. The van der Waals surface area contributed by atoms with E-state index in [1.54, 1.807) is 0 Å². The van der Waals surface area contributed by atoms with Crippen LogP contribution in [0.4, 0.5) is 0 Å². The van der Waals surface area contributed by atoms with Gasteiger partial charge >= 0.3 is 0 Å². The molecule has 19 heavy (non-hydrogen) atoms. The summed E-state index contributed by atoms with van der Waals surface area (Å²) in [7, 11) is 0. The van der Waals surface area contributed by atoms with Gasteiger partial charge in [0.05, 0.1) is 0 Å². The van der Waals surface area contributed by atoms with Crippen LogP contribution in [0.25, 0.3) is 10.8 Å². The van der Waals surface area contributed by atoms with Crippen molar-refractivity contribution in [3.8, 4) is 0 Å². The summed E-state index contributed by atoms with van der Waals surface area (Å²) >= 11 is 0. The van der Waals surface area contributed by atoms with E-state index in [1.807, 2.05) is 0 Å². The maximum atomic E-state index is 2.30. The first-order valence-electron chi connectivity index (χ1n) is 7.50. The summed E-state index contributed by atoms with van der Waals surface area (Å²) in [5.41, 5.74) is 1.44. The Labute approximate surface area is 118 Å². The van der Waals surface area contributed by atoms with E-state index in [0.717, 1.165) is 11.8 Å². The van der Waals surface area contributed by atoms with Crippen molar-refractivity contribution in [2.45, 2.75) is 47.5 Å². The molecule has 2 aromatic rings.